The number of phosphoric ester groups is 1. The average Bonchev–Trinajstić information content (AvgIpc) is 3.29. The van der Waals surface area contributed by atoms with Gasteiger partial charge in [-0.1, -0.05) is 244 Å². The lowest BCUT2D eigenvalue weighted by Gasteiger charge is -2.20. The van der Waals surface area contributed by atoms with E-state index in [1.165, 1.54) is 205 Å². The molecular weight excluding hydrogens is 824 g/mol. The van der Waals surface area contributed by atoms with E-state index in [4.69, 9.17) is 23.6 Å². The molecule has 0 saturated heterocycles. The fourth-order valence-electron chi connectivity index (χ4n) is 7.98. The summed E-state index contributed by atoms with van der Waals surface area (Å²) in [4.78, 5) is 22.7. The Hall–Kier alpha value is -1.06. The van der Waals surface area contributed by atoms with Gasteiger partial charge >= 0.3 is 13.8 Å². The van der Waals surface area contributed by atoms with Crippen LogP contribution in [-0.4, -0.2) is 66.3 Å². The van der Waals surface area contributed by atoms with Gasteiger partial charge in [0, 0.05) is 13.0 Å². The van der Waals surface area contributed by atoms with Gasteiger partial charge in [-0.15, -0.1) is 0 Å². The Labute approximate surface area is 395 Å². The third-order valence-corrected chi connectivity index (χ3v) is 13.1. The Balaban J connectivity index is 4.00. The standard InChI is InChI=1S/C54H105O9P/c1-3-5-7-9-11-13-15-17-19-21-23-24-25-26-27-29-31-33-35-37-39-41-43-45-47-60-50-53(51-62-64(58,59)61-49-52(56)48-55)63-54(57)46-44-42-40-38-36-34-32-30-28-22-20-18-16-14-12-10-8-6-4-2/h15,17,21,23,52-53,55-56H,3-14,16,18-20,22,24-51H2,1-2H3,(H,58,59)/b17-15-,23-21-. The van der Waals surface area contributed by atoms with Crippen molar-refractivity contribution in [1.29, 1.82) is 0 Å². The summed E-state index contributed by atoms with van der Waals surface area (Å²) < 4.78 is 33.6. The maximum Gasteiger partial charge on any atom is 0.472 e. The van der Waals surface area contributed by atoms with Crippen molar-refractivity contribution < 1.29 is 43.0 Å². The first-order valence-corrected chi connectivity index (χ1v) is 28.8. The molecule has 0 aromatic rings. The van der Waals surface area contributed by atoms with Gasteiger partial charge in [-0.05, 0) is 44.9 Å². The lowest BCUT2D eigenvalue weighted by Crippen LogP contribution is -2.29. The third-order valence-electron chi connectivity index (χ3n) is 12.1. The van der Waals surface area contributed by atoms with Gasteiger partial charge in [-0.3, -0.25) is 13.8 Å². The first kappa shape index (κ1) is 62.9. The monoisotopic (exact) mass is 929 g/mol. The van der Waals surface area contributed by atoms with E-state index >= 15 is 0 Å². The molecule has 0 radical (unpaired) electrons. The summed E-state index contributed by atoms with van der Waals surface area (Å²) in [6, 6.07) is 0. The quantitative estimate of drug-likeness (QED) is 0.0236. The predicted octanol–water partition coefficient (Wildman–Crippen LogP) is 16.2. The van der Waals surface area contributed by atoms with Gasteiger partial charge in [0.2, 0.25) is 0 Å². The first-order chi connectivity index (χ1) is 31.3. The van der Waals surface area contributed by atoms with Gasteiger partial charge in [-0.2, -0.15) is 0 Å². The van der Waals surface area contributed by atoms with Gasteiger partial charge < -0.3 is 24.6 Å². The van der Waals surface area contributed by atoms with Crippen LogP contribution in [0.5, 0.6) is 0 Å². The second-order valence-corrected chi connectivity index (χ2v) is 20.1. The van der Waals surface area contributed by atoms with E-state index in [1.807, 2.05) is 0 Å². The molecule has 64 heavy (non-hydrogen) atoms. The van der Waals surface area contributed by atoms with Crippen LogP contribution in [0, 0.1) is 0 Å². The molecule has 0 rings (SSSR count). The molecule has 3 N–H and O–H groups in total. The first-order valence-electron chi connectivity index (χ1n) is 27.3. The van der Waals surface area contributed by atoms with E-state index in [0.717, 1.165) is 44.9 Å². The third kappa shape index (κ3) is 50.4. The van der Waals surface area contributed by atoms with Crippen LogP contribution in [0.3, 0.4) is 0 Å². The van der Waals surface area contributed by atoms with Gasteiger partial charge in [0.05, 0.1) is 26.4 Å². The van der Waals surface area contributed by atoms with Crippen molar-refractivity contribution in [2.75, 3.05) is 33.0 Å². The smallest absolute Gasteiger partial charge is 0.457 e. The molecule has 9 nitrogen and oxygen atoms in total. The molecule has 0 fully saturated rings. The lowest BCUT2D eigenvalue weighted by molar-refractivity contribution is -0.154. The highest BCUT2D eigenvalue weighted by Crippen LogP contribution is 2.43. The highest BCUT2D eigenvalue weighted by atomic mass is 31.2. The molecule has 380 valence electrons. The fraction of sp³-hybridized carbons (Fsp3) is 0.907. The number of hydrogen-bond acceptors (Lipinski definition) is 8. The summed E-state index contributed by atoms with van der Waals surface area (Å²) in [5.41, 5.74) is 0. The number of esters is 1. The Morgan fingerprint density at radius 1 is 0.484 bits per heavy atom. The van der Waals surface area contributed by atoms with E-state index in [1.54, 1.807) is 0 Å². The molecule has 0 aromatic heterocycles. The van der Waals surface area contributed by atoms with Crippen LogP contribution >= 0.6 is 7.82 Å². The Morgan fingerprint density at radius 2 is 0.844 bits per heavy atom. The summed E-state index contributed by atoms with van der Waals surface area (Å²) in [6.07, 6.45) is 57.2. The Kier molecular flexibility index (Phi) is 50.5. The zero-order valence-electron chi connectivity index (χ0n) is 42.0. The maximum absolute atomic E-state index is 12.7. The Morgan fingerprint density at radius 3 is 1.25 bits per heavy atom. The van der Waals surface area contributed by atoms with E-state index in [-0.39, 0.29) is 25.6 Å². The normalized spacial score (nSPS) is 13.9. The van der Waals surface area contributed by atoms with E-state index in [2.05, 4.69) is 38.2 Å². The van der Waals surface area contributed by atoms with Crippen LogP contribution in [0.4, 0.5) is 0 Å². The minimum absolute atomic E-state index is 0.0534. The highest BCUT2D eigenvalue weighted by Gasteiger charge is 2.26. The molecule has 0 heterocycles. The van der Waals surface area contributed by atoms with E-state index < -0.39 is 33.2 Å². The van der Waals surface area contributed by atoms with Crippen molar-refractivity contribution in [3.8, 4) is 0 Å². The van der Waals surface area contributed by atoms with Gasteiger partial charge in [0.1, 0.15) is 12.2 Å². The number of aliphatic hydroxyl groups is 2. The topological polar surface area (TPSA) is 132 Å². The summed E-state index contributed by atoms with van der Waals surface area (Å²) in [7, 11) is -4.52. The summed E-state index contributed by atoms with van der Waals surface area (Å²) >= 11 is 0. The number of aliphatic hydroxyl groups excluding tert-OH is 2. The number of unbranched alkanes of at least 4 members (excludes halogenated alkanes) is 35. The minimum atomic E-state index is -4.52. The number of allylic oxidation sites excluding steroid dienone is 4. The molecule has 3 atom stereocenters. The predicted molar refractivity (Wildman–Crippen MR) is 270 cm³/mol. The molecule has 0 spiro atoms. The van der Waals surface area contributed by atoms with Crippen LogP contribution in [0.1, 0.15) is 271 Å². The zero-order valence-corrected chi connectivity index (χ0v) is 42.9. The van der Waals surface area contributed by atoms with Crippen LogP contribution in [0.2, 0.25) is 0 Å². The number of carbonyl (C=O) groups excluding carboxylic acids is 1. The van der Waals surface area contributed by atoms with Gasteiger partial charge in [-0.25, -0.2) is 4.57 Å². The highest BCUT2D eigenvalue weighted by molar-refractivity contribution is 7.47. The largest absolute Gasteiger partial charge is 0.472 e. The molecule has 0 aliphatic rings. The second-order valence-electron chi connectivity index (χ2n) is 18.6. The molecule has 0 aliphatic heterocycles. The minimum Gasteiger partial charge on any atom is -0.457 e. The van der Waals surface area contributed by atoms with Crippen LogP contribution in [-0.2, 0) is 27.9 Å². The number of hydrogen-bond donors (Lipinski definition) is 3. The van der Waals surface area contributed by atoms with E-state index in [0.29, 0.717) is 6.61 Å². The molecule has 10 heteroatoms. The molecule has 0 aromatic carbocycles. The molecule has 3 unspecified atom stereocenters. The molecule has 0 bridgehead atoms. The van der Waals surface area contributed by atoms with Crippen molar-refractivity contribution in [2.24, 2.45) is 0 Å². The molecular formula is C54H105O9P. The maximum atomic E-state index is 12.7. The van der Waals surface area contributed by atoms with Gasteiger partial charge in [0.25, 0.3) is 0 Å². The fourth-order valence-corrected chi connectivity index (χ4v) is 8.77. The van der Waals surface area contributed by atoms with Gasteiger partial charge in [0.15, 0.2) is 0 Å². The van der Waals surface area contributed by atoms with Crippen molar-refractivity contribution in [3.05, 3.63) is 24.3 Å². The van der Waals surface area contributed by atoms with Crippen molar-refractivity contribution in [1.82, 2.24) is 0 Å². The summed E-state index contributed by atoms with van der Waals surface area (Å²) in [5, 5.41) is 18.4. The number of phosphoric acid groups is 1. The summed E-state index contributed by atoms with van der Waals surface area (Å²) in [5.74, 6) is -0.376. The van der Waals surface area contributed by atoms with Crippen LogP contribution in [0.15, 0.2) is 24.3 Å². The second kappa shape index (κ2) is 51.3. The Bertz CT molecular complexity index is 1050. The number of carbonyl (C=O) groups is 1. The van der Waals surface area contributed by atoms with Crippen molar-refractivity contribution >= 4 is 13.8 Å². The average molecular weight is 929 g/mol. The van der Waals surface area contributed by atoms with E-state index in [9.17, 15) is 19.4 Å². The summed E-state index contributed by atoms with van der Waals surface area (Å²) in [6.45, 7) is 3.57. The number of ether oxygens (including phenoxy) is 2. The molecule has 0 saturated carbocycles. The lowest BCUT2D eigenvalue weighted by atomic mass is 10.0. The molecule has 0 aliphatic carbocycles. The molecule has 0 amide bonds. The number of rotatable bonds is 53. The van der Waals surface area contributed by atoms with Crippen molar-refractivity contribution in [2.45, 2.75) is 283 Å². The SMILES string of the molecule is CCCCCCC/C=C\C/C=C\CCCCCCCCCCCCCCOCC(COP(=O)(O)OCC(O)CO)OC(=O)CCCCCCCCCCCCCCCCCCCCC. The van der Waals surface area contributed by atoms with Crippen molar-refractivity contribution in [3.63, 3.8) is 0 Å². The van der Waals surface area contributed by atoms with Crippen LogP contribution < -0.4 is 0 Å². The van der Waals surface area contributed by atoms with Crippen LogP contribution in [0.25, 0.3) is 0 Å². The zero-order chi connectivity index (χ0) is 46.7.